The number of pyridine rings is 1. The lowest BCUT2D eigenvalue weighted by molar-refractivity contribution is 1.28. The molecule has 0 radical (unpaired) electrons. The molecule has 0 saturated heterocycles. The summed E-state index contributed by atoms with van der Waals surface area (Å²) in [5.74, 6) is 0. The predicted molar refractivity (Wildman–Crippen MR) is 131 cm³/mol. The number of rotatable bonds is 4. The van der Waals surface area contributed by atoms with Gasteiger partial charge in [0.15, 0.2) is 0 Å². The van der Waals surface area contributed by atoms with E-state index in [1.165, 1.54) is 16.5 Å². The van der Waals surface area contributed by atoms with Gasteiger partial charge in [-0.1, -0.05) is 72.8 Å². The van der Waals surface area contributed by atoms with E-state index in [1.807, 2.05) is 12.1 Å². The molecule has 0 saturated carbocycles. The summed E-state index contributed by atoms with van der Waals surface area (Å²) in [6.45, 7) is 0. The van der Waals surface area contributed by atoms with Crippen molar-refractivity contribution in [3.63, 3.8) is 0 Å². The zero-order chi connectivity index (χ0) is 20.6. The normalized spacial score (nSPS) is 11.7. The lowest BCUT2D eigenvalue weighted by Gasteiger charge is -2.25. The minimum Gasteiger partial charge on any atom is -0.310 e. The van der Waals surface area contributed by atoms with Gasteiger partial charge in [0.2, 0.25) is 0 Å². The second-order valence-corrected chi connectivity index (χ2v) is 7.73. The molecule has 0 amide bonds. The lowest BCUT2D eigenvalue weighted by Crippen LogP contribution is -2.09. The van der Waals surface area contributed by atoms with Crippen molar-refractivity contribution in [3.05, 3.63) is 120 Å². The molecule has 0 unspecified atom stereocenters. The number of benzene rings is 4. The highest BCUT2D eigenvalue weighted by atomic mass is 15.1. The number of hydrogen-bond acceptors (Lipinski definition) is 2. The Bertz CT molecular complexity index is 1380. The number of hydrogen-bond donors (Lipinski definition) is 0. The standard InChI is InChI=1S/C29H20N2/c1-3-11-24(12-4-1)31(25-13-5-2-6-14-25)26-15-7-10-22(19-26)28-20-23-18-17-21-9-8-16-27(30-28)29(21)23/h1-20H. The highest BCUT2D eigenvalue weighted by Crippen LogP contribution is 2.37. The summed E-state index contributed by atoms with van der Waals surface area (Å²) in [5.41, 5.74) is 9.00. The molecule has 0 N–H and O–H groups in total. The fourth-order valence-corrected chi connectivity index (χ4v) is 4.35. The first-order valence-electron chi connectivity index (χ1n) is 10.5. The van der Waals surface area contributed by atoms with Gasteiger partial charge in [0, 0.05) is 28.0 Å². The maximum atomic E-state index is 4.99. The van der Waals surface area contributed by atoms with Crippen molar-refractivity contribution in [1.82, 2.24) is 4.98 Å². The van der Waals surface area contributed by atoms with Gasteiger partial charge in [-0.2, -0.15) is 0 Å². The minimum atomic E-state index is 0.995. The average molecular weight is 396 g/mol. The van der Waals surface area contributed by atoms with E-state index in [-0.39, 0.29) is 0 Å². The fraction of sp³-hybridized carbons (Fsp3) is 0. The summed E-state index contributed by atoms with van der Waals surface area (Å²) in [4.78, 5) is 7.27. The number of para-hydroxylation sites is 2. The maximum Gasteiger partial charge on any atom is 0.0721 e. The van der Waals surface area contributed by atoms with Crippen LogP contribution in [0.25, 0.3) is 34.3 Å². The molecule has 1 aliphatic rings. The molecular weight excluding hydrogens is 376 g/mol. The van der Waals surface area contributed by atoms with Crippen molar-refractivity contribution in [3.8, 4) is 11.3 Å². The Labute approximate surface area is 181 Å². The first kappa shape index (κ1) is 17.7. The molecule has 146 valence electrons. The van der Waals surface area contributed by atoms with Crippen LogP contribution in [0.2, 0.25) is 0 Å². The van der Waals surface area contributed by atoms with Gasteiger partial charge in [-0.25, -0.2) is 4.98 Å². The molecule has 0 atom stereocenters. The van der Waals surface area contributed by atoms with E-state index < -0.39 is 0 Å². The minimum absolute atomic E-state index is 0.995. The largest absolute Gasteiger partial charge is 0.310 e. The average Bonchev–Trinajstić information content (AvgIpc) is 3.25. The summed E-state index contributed by atoms with van der Waals surface area (Å²) in [7, 11) is 0. The Morgan fingerprint density at radius 2 is 1.16 bits per heavy atom. The van der Waals surface area contributed by atoms with Crippen molar-refractivity contribution in [2.75, 3.05) is 4.90 Å². The van der Waals surface area contributed by atoms with Crippen molar-refractivity contribution in [2.45, 2.75) is 0 Å². The third-order valence-electron chi connectivity index (χ3n) is 5.77. The fourth-order valence-electron chi connectivity index (χ4n) is 4.35. The quantitative estimate of drug-likeness (QED) is 0.301. The van der Waals surface area contributed by atoms with Gasteiger partial charge < -0.3 is 4.90 Å². The van der Waals surface area contributed by atoms with Gasteiger partial charge in [-0.05, 0) is 59.7 Å². The lowest BCUT2D eigenvalue weighted by atomic mass is 10.0. The van der Waals surface area contributed by atoms with Crippen LogP contribution >= 0.6 is 0 Å². The molecule has 1 aliphatic carbocycles. The summed E-state index contributed by atoms with van der Waals surface area (Å²) in [5, 5.41) is 1.25. The van der Waals surface area contributed by atoms with Gasteiger partial charge in [-0.15, -0.1) is 0 Å². The highest BCUT2D eigenvalue weighted by molar-refractivity contribution is 6.04. The summed E-state index contributed by atoms with van der Waals surface area (Å²) in [6.07, 6.45) is 4.36. The highest BCUT2D eigenvalue weighted by Gasteiger charge is 2.15. The van der Waals surface area contributed by atoms with Crippen molar-refractivity contribution >= 4 is 40.1 Å². The van der Waals surface area contributed by atoms with Crippen molar-refractivity contribution < 1.29 is 0 Å². The van der Waals surface area contributed by atoms with Gasteiger partial charge in [0.1, 0.15) is 0 Å². The van der Waals surface area contributed by atoms with Crippen LogP contribution in [0, 0.1) is 0 Å². The molecule has 1 aromatic heterocycles. The van der Waals surface area contributed by atoms with Gasteiger partial charge >= 0.3 is 0 Å². The monoisotopic (exact) mass is 396 g/mol. The van der Waals surface area contributed by atoms with Crippen LogP contribution in [0.15, 0.2) is 109 Å². The van der Waals surface area contributed by atoms with Gasteiger partial charge in [-0.3, -0.25) is 0 Å². The molecule has 4 aromatic carbocycles. The second kappa shape index (κ2) is 7.26. The Balaban J connectivity index is 1.50. The SMILES string of the molecule is C1=Cc2cc(-c3cccc(N(c4ccccc4)c4ccccc4)c3)nc3cccc1c23. The maximum absolute atomic E-state index is 4.99. The van der Waals surface area contributed by atoms with Crippen LogP contribution in [0.1, 0.15) is 11.1 Å². The van der Waals surface area contributed by atoms with E-state index in [9.17, 15) is 0 Å². The molecule has 1 heterocycles. The molecule has 6 rings (SSSR count). The zero-order valence-corrected chi connectivity index (χ0v) is 16.9. The van der Waals surface area contributed by atoms with E-state index in [1.54, 1.807) is 0 Å². The Morgan fingerprint density at radius 3 is 1.90 bits per heavy atom. The predicted octanol–water partition coefficient (Wildman–Crippen LogP) is 7.86. The molecule has 2 nitrogen and oxygen atoms in total. The molecular formula is C29H20N2. The Kier molecular flexibility index (Phi) is 4.14. The topological polar surface area (TPSA) is 16.1 Å². The van der Waals surface area contributed by atoms with Crippen LogP contribution < -0.4 is 4.90 Å². The third kappa shape index (κ3) is 3.10. The van der Waals surface area contributed by atoms with Gasteiger partial charge in [0.05, 0.1) is 11.2 Å². The molecule has 0 bridgehead atoms. The van der Waals surface area contributed by atoms with E-state index >= 15 is 0 Å². The van der Waals surface area contributed by atoms with Crippen molar-refractivity contribution in [1.29, 1.82) is 0 Å². The van der Waals surface area contributed by atoms with Crippen molar-refractivity contribution in [2.24, 2.45) is 0 Å². The second-order valence-electron chi connectivity index (χ2n) is 7.73. The molecule has 0 aliphatic heterocycles. The van der Waals surface area contributed by atoms with E-state index in [4.69, 9.17) is 4.98 Å². The van der Waals surface area contributed by atoms with Crippen LogP contribution in [-0.2, 0) is 0 Å². The third-order valence-corrected chi connectivity index (χ3v) is 5.77. The van der Waals surface area contributed by atoms with E-state index in [0.29, 0.717) is 0 Å². The smallest absolute Gasteiger partial charge is 0.0721 e. The Hall–Kier alpha value is -4.17. The van der Waals surface area contributed by atoms with Crippen LogP contribution in [0.3, 0.4) is 0 Å². The number of nitrogens with zero attached hydrogens (tertiary/aromatic N) is 2. The molecule has 0 spiro atoms. The van der Waals surface area contributed by atoms with Gasteiger partial charge in [0.25, 0.3) is 0 Å². The van der Waals surface area contributed by atoms with Crippen LogP contribution in [0.4, 0.5) is 17.1 Å². The first-order chi connectivity index (χ1) is 15.4. The summed E-state index contributed by atoms with van der Waals surface area (Å²) < 4.78 is 0. The molecule has 2 heteroatoms. The zero-order valence-electron chi connectivity index (χ0n) is 16.9. The Morgan fingerprint density at radius 1 is 0.516 bits per heavy atom. The van der Waals surface area contributed by atoms with Crippen LogP contribution in [0.5, 0.6) is 0 Å². The summed E-state index contributed by atoms with van der Waals surface area (Å²) in [6, 6.07) is 38.1. The number of anilines is 3. The molecule has 5 aromatic rings. The van der Waals surface area contributed by atoms with Crippen LogP contribution in [-0.4, -0.2) is 4.98 Å². The molecule has 0 fully saturated rings. The first-order valence-corrected chi connectivity index (χ1v) is 10.5. The van der Waals surface area contributed by atoms with E-state index in [2.05, 4.69) is 114 Å². The number of aromatic nitrogens is 1. The summed E-state index contributed by atoms with van der Waals surface area (Å²) >= 11 is 0. The molecule has 31 heavy (non-hydrogen) atoms. The van der Waals surface area contributed by atoms with E-state index in [0.717, 1.165) is 33.8 Å².